The number of carbonyl (C=O) groups is 2. The Morgan fingerprint density at radius 1 is 0.939 bits per heavy atom. The molecule has 0 saturated heterocycles. The van der Waals surface area contributed by atoms with Crippen LogP contribution in [0.3, 0.4) is 0 Å². The fourth-order valence-corrected chi connectivity index (χ4v) is 3.76. The minimum absolute atomic E-state index is 0.308. The zero-order valence-electron chi connectivity index (χ0n) is 18.4. The highest BCUT2D eigenvalue weighted by Gasteiger charge is 2.15. The van der Waals surface area contributed by atoms with E-state index in [0.29, 0.717) is 27.2 Å². The van der Waals surface area contributed by atoms with E-state index in [4.69, 9.17) is 32.7 Å². The minimum Gasteiger partial charge on any atom is -0.495 e. The Kier molecular flexibility index (Phi) is 7.63. The van der Waals surface area contributed by atoms with E-state index in [1.54, 1.807) is 31.4 Å². The molecule has 0 aliphatic rings. The van der Waals surface area contributed by atoms with Gasteiger partial charge in [0.25, 0.3) is 0 Å². The van der Waals surface area contributed by atoms with Gasteiger partial charge in [-0.1, -0.05) is 23.2 Å². The number of hydrogen-bond acceptors (Lipinski definition) is 5. The molecule has 10 heteroatoms. The van der Waals surface area contributed by atoms with Gasteiger partial charge < -0.3 is 19.4 Å². The van der Waals surface area contributed by atoms with Crippen molar-refractivity contribution in [2.24, 2.45) is 5.10 Å². The summed E-state index contributed by atoms with van der Waals surface area (Å²) in [6, 6.07) is 12.0. The van der Waals surface area contributed by atoms with Crippen molar-refractivity contribution in [3.05, 3.63) is 69.5 Å². The molecule has 1 heterocycles. The lowest BCUT2D eigenvalue weighted by Crippen LogP contribution is -2.32. The molecule has 33 heavy (non-hydrogen) atoms. The van der Waals surface area contributed by atoms with E-state index in [9.17, 15) is 9.59 Å². The summed E-state index contributed by atoms with van der Waals surface area (Å²) in [6.07, 6.45) is 1.47. The monoisotopic (exact) mass is 488 g/mol. The van der Waals surface area contributed by atoms with Crippen molar-refractivity contribution in [1.82, 2.24) is 9.99 Å². The van der Waals surface area contributed by atoms with E-state index in [1.165, 1.54) is 19.4 Å². The highest BCUT2D eigenvalue weighted by Crippen LogP contribution is 2.29. The molecular formula is C23H22Cl2N4O4. The molecule has 0 aliphatic carbocycles. The number of hydrogen-bond donors (Lipinski definition) is 2. The van der Waals surface area contributed by atoms with Crippen LogP contribution < -0.4 is 20.2 Å². The van der Waals surface area contributed by atoms with Crippen LogP contribution in [0.5, 0.6) is 11.5 Å². The van der Waals surface area contributed by atoms with Gasteiger partial charge in [-0.25, -0.2) is 5.43 Å². The summed E-state index contributed by atoms with van der Waals surface area (Å²) in [6.45, 7) is 3.85. The van der Waals surface area contributed by atoms with Gasteiger partial charge in [0.2, 0.25) is 0 Å². The second-order valence-corrected chi connectivity index (χ2v) is 7.80. The largest absolute Gasteiger partial charge is 0.495 e. The number of hydrazone groups is 1. The molecule has 8 nitrogen and oxygen atoms in total. The molecule has 0 aliphatic heterocycles. The van der Waals surface area contributed by atoms with E-state index in [2.05, 4.69) is 15.8 Å². The third-order valence-electron chi connectivity index (χ3n) is 4.85. The summed E-state index contributed by atoms with van der Waals surface area (Å²) in [5.41, 5.74) is 6.02. The van der Waals surface area contributed by atoms with Gasteiger partial charge in [-0.05, 0) is 56.3 Å². The molecule has 0 spiro atoms. The molecule has 172 valence electrons. The third-order valence-corrected chi connectivity index (χ3v) is 5.44. The number of amides is 2. The number of rotatable bonds is 6. The number of halogens is 2. The van der Waals surface area contributed by atoms with Crippen LogP contribution in [0.1, 0.15) is 17.0 Å². The predicted octanol–water partition coefficient (Wildman–Crippen LogP) is 4.51. The van der Waals surface area contributed by atoms with Gasteiger partial charge >= 0.3 is 11.8 Å². The van der Waals surface area contributed by atoms with Gasteiger partial charge in [0.1, 0.15) is 11.5 Å². The predicted molar refractivity (Wildman–Crippen MR) is 129 cm³/mol. The van der Waals surface area contributed by atoms with Crippen molar-refractivity contribution >= 4 is 46.9 Å². The van der Waals surface area contributed by atoms with E-state index in [-0.39, 0.29) is 0 Å². The van der Waals surface area contributed by atoms with Gasteiger partial charge in [-0.2, -0.15) is 5.10 Å². The average molecular weight is 489 g/mol. The number of ether oxygens (including phenoxy) is 2. The van der Waals surface area contributed by atoms with Gasteiger partial charge in [0, 0.05) is 28.3 Å². The lowest BCUT2D eigenvalue weighted by Gasteiger charge is -2.11. The molecule has 2 N–H and O–H groups in total. The highest BCUT2D eigenvalue weighted by molar-refractivity contribution is 6.40. The summed E-state index contributed by atoms with van der Waals surface area (Å²) in [4.78, 5) is 24.2. The molecule has 3 rings (SSSR count). The zero-order valence-corrected chi connectivity index (χ0v) is 19.9. The quantitative estimate of drug-likeness (QED) is 0.303. The number of aromatic nitrogens is 1. The standard InChI is InChI=1S/C23H22Cl2N4O4/c1-13-9-15(14(2)29(13)17-6-8-21(33-4)19(25)11-17)12-26-28-23(31)22(30)27-16-5-7-20(32-3)18(24)10-16/h5-12H,1-4H3,(H,27,30)(H,28,31)/b26-12-. The Hall–Kier alpha value is -3.49. The first-order chi connectivity index (χ1) is 15.7. The zero-order chi connectivity index (χ0) is 24.1. The van der Waals surface area contributed by atoms with Crippen molar-refractivity contribution in [1.29, 1.82) is 0 Å². The number of carbonyl (C=O) groups excluding carboxylic acids is 2. The van der Waals surface area contributed by atoms with Crippen LogP contribution in [0.2, 0.25) is 10.0 Å². The second kappa shape index (κ2) is 10.4. The average Bonchev–Trinajstić information content (AvgIpc) is 3.06. The van der Waals surface area contributed by atoms with E-state index in [1.807, 2.05) is 30.5 Å². The van der Waals surface area contributed by atoms with Crippen LogP contribution in [0.25, 0.3) is 5.69 Å². The van der Waals surface area contributed by atoms with Crippen LogP contribution in [-0.4, -0.2) is 36.8 Å². The Balaban J connectivity index is 1.68. The first kappa shape index (κ1) is 24.2. The molecule has 1 aromatic heterocycles. The summed E-state index contributed by atoms with van der Waals surface area (Å²) in [5, 5.41) is 7.17. The van der Waals surface area contributed by atoms with Crippen LogP contribution in [-0.2, 0) is 9.59 Å². The van der Waals surface area contributed by atoms with E-state index >= 15 is 0 Å². The maximum absolute atomic E-state index is 12.1. The van der Waals surface area contributed by atoms with Gasteiger partial charge in [-0.15, -0.1) is 0 Å². The molecule has 0 bridgehead atoms. The lowest BCUT2D eigenvalue weighted by atomic mass is 10.2. The highest BCUT2D eigenvalue weighted by atomic mass is 35.5. The van der Waals surface area contributed by atoms with Crippen molar-refractivity contribution < 1.29 is 19.1 Å². The number of methoxy groups -OCH3 is 2. The van der Waals surface area contributed by atoms with Gasteiger partial charge in [0.15, 0.2) is 0 Å². The molecule has 2 amide bonds. The normalized spacial score (nSPS) is 10.8. The minimum atomic E-state index is -0.922. The molecule has 0 radical (unpaired) electrons. The molecular weight excluding hydrogens is 467 g/mol. The van der Waals surface area contributed by atoms with Gasteiger partial charge in [0.05, 0.1) is 30.5 Å². The second-order valence-electron chi connectivity index (χ2n) is 6.98. The Labute approximate surface area is 201 Å². The fourth-order valence-electron chi connectivity index (χ4n) is 3.25. The van der Waals surface area contributed by atoms with Crippen molar-refractivity contribution in [2.75, 3.05) is 19.5 Å². The molecule has 0 atom stereocenters. The maximum atomic E-state index is 12.1. The summed E-state index contributed by atoms with van der Waals surface area (Å²) < 4.78 is 12.3. The van der Waals surface area contributed by atoms with Gasteiger partial charge in [-0.3, -0.25) is 9.59 Å². The first-order valence-electron chi connectivity index (χ1n) is 9.76. The third kappa shape index (κ3) is 5.47. The number of nitrogens with one attached hydrogen (secondary N) is 2. The lowest BCUT2D eigenvalue weighted by molar-refractivity contribution is -0.136. The number of nitrogens with zero attached hydrogens (tertiary/aromatic N) is 2. The first-order valence-corrected chi connectivity index (χ1v) is 10.5. The Morgan fingerprint density at radius 3 is 2.18 bits per heavy atom. The van der Waals surface area contributed by atoms with Crippen LogP contribution >= 0.6 is 23.2 Å². The van der Waals surface area contributed by atoms with E-state index in [0.717, 1.165) is 22.6 Å². The van der Waals surface area contributed by atoms with Crippen LogP contribution in [0, 0.1) is 13.8 Å². The van der Waals surface area contributed by atoms with Crippen molar-refractivity contribution in [3.63, 3.8) is 0 Å². The Morgan fingerprint density at radius 2 is 1.58 bits per heavy atom. The van der Waals surface area contributed by atoms with Crippen molar-refractivity contribution in [2.45, 2.75) is 13.8 Å². The summed E-state index contributed by atoms with van der Waals surface area (Å²) >= 11 is 12.3. The number of anilines is 1. The molecule has 0 fully saturated rings. The molecule has 0 unspecified atom stereocenters. The smallest absolute Gasteiger partial charge is 0.329 e. The Bertz CT molecular complexity index is 1240. The SMILES string of the molecule is COc1ccc(NC(=O)C(=O)N/N=C\c2cc(C)n(-c3ccc(OC)c(Cl)c3)c2C)cc1Cl. The topological polar surface area (TPSA) is 94.0 Å². The van der Waals surface area contributed by atoms with Crippen LogP contribution in [0.4, 0.5) is 5.69 Å². The summed E-state index contributed by atoms with van der Waals surface area (Å²) in [7, 11) is 3.04. The molecule has 2 aromatic carbocycles. The van der Waals surface area contributed by atoms with Crippen LogP contribution in [0.15, 0.2) is 47.6 Å². The van der Waals surface area contributed by atoms with E-state index < -0.39 is 11.8 Å². The van der Waals surface area contributed by atoms with Crippen molar-refractivity contribution in [3.8, 4) is 17.2 Å². The molecule has 0 saturated carbocycles. The number of benzene rings is 2. The maximum Gasteiger partial charge on any atom is 0.329 e. The fraction of sp³-hybridized carbons (Fsp3) is 0.174. The molecule has 3 aromatic rings. The summed E-state index contributed by atoms with van der Waals surface area (Å²) in [5.74, 6) is -0.763. The number of aryl methyl sites for hydroxylation is 1.